The van der Waals surface area contributed by atoms with Gasteiger partial charge < -0.3 is 9.59 Å². The Hall–Kier alpha value is -0.570. The summed E-state index contributed by atoms with van der Waals surface area (Å²) in [7, 11) is 4.40. The molecule has 0 aromatic heterocycles. The van der Waals surface area contributed by atoms with Gasteiger partial charge in [0, 0.05) is 6.42 Å². The largest absolute Gasteiger partial charge is 0.481 e. The second-order valence-electron chi connectivity index (χ2n) is 5.65. The van der Waals surface area contributed by atoms with Crippen LogP contribution in [0, 0.1) is 0 Å². The lowest BCUT2D eigenvalue weighted by Gasteiger charge is -2.29. The lowest BCUT2D eigenvalue weighted by Crippen LogP contribution is -2.41. The van der Waals surface area contributed by atoms with Gasteiger partial charge in [-0.2, -0.15) is 0 Å². The highest BCUT2D eigenvalue weighted by molar-refractivity contribution is 5.66. The number of quaternary nitrogens is 1. The van der Waals surface area contributed by atoms with Crippen molar-refractivity contribution < 1.29 is 14.4 Å². The zero-order valence-electron chi connectivity index (χ0n) is 11.9. The van der Waals surface area contributed by atoms with Crippen molar-refractivity contribution >= 4 is 5.97 Å². The number of hydrogen-bond donors (Lipinski definition) is 1. The van der Waals surface area contributed by atoms with Crippen LogP contribution in [-0.4, -0.2) is 42.7 Å². The molecule has 0 aliphatic carbocycles. The fourth-order valence-corrected chi connectivity index (χ4v) is 2.09. The number of carboxylic acids is 1. The van der Waals surface area contributed by atoms with Gasteiger partial charge in [0.2, 0.25) is 0 Å². The first-order chi connectivity index (χ1) is 7.98. The van der Waals surface area contributed by atoms with Crippen LogP contribution in [0.15, 0.2) is 0 Å². The molecule has 0 bridgehead atoms. The predicted octanol–water partition coefficient (Wildman–Crippen LogP) is 3.29. The molecular weight excluding hydrogens is 214 g/mol. The standard InChI is InChI=1S/C14H29NO2/c1-4-5-6-7-8-9-12-15(2,3)13-10-11-14(16)17/h4-13H2,1-3H3/p+1. The summed E-state index contributed by atoms with van der Waals surface area (Å²) in [6.07, 6.45) is 9.06. The Morgan fingerprint density at radius 1 is 0.941 bits per heavy atom. The van der Waals surface area contributed by atoms with Gasteiger partial charge in [0.1, 0.15) is 0 Å². The van der Waals surface area contributed by atoms with Crippen molar-refractivity contribution in [1.29, 1.82) is 0 Å². The lowest BCUT2D eigenvalue weighted by molar-refractivity contribution is -0.890. The van der Waals surface area contributed by atoms with E-state index in [1.54, 1.807) is 0 Å². The number of rotatable bonds is 11. The molecule has 0 spiro atoms. The molecule has 0 saturated carbocycles. The minimum Gasteiger partial charge on any atom is -0.481 e. The molecule has 0 aliphatic heterocycles. The molecule has 3 nitrogen and oxygen atoms in total. The van der Waals surface area contributed by atoms with Crippen LogP contribution in [0.4, 0.5) is 0 Å². The number of aliphatic carboxylic acids is 1. The van der Waals surface area contributed by atoms with Crippen LogP contribution >= 0.6 is 0 Å². The maximum atomic E-state index is 10.4. The first-order valence-corrected chi connectivity index (χ1v) is 7.02. The van der Waals surface area contributed by atoms with Gasteiger partial charge in [-0.05, 0) is 12.8 Å². The fourth-order valence-electron chi connectivity index (χ4n) is 2.09. The minimum atomic E-state index is -0.676. The summed E-state index contributed by atoms with van der Waals surface area (Å²) in [5, 5.41) is 8.60. The fraction of sp³-hybridized carbons (Fsp3) is 0.929. The third kappa shape index (κ3) is 11.7. The van der Waals surface area contributed by atoms with E-state index in [2.05, 4.69) is 21.0 Å². The number of carbonyl (C=O) groups is 1. The molecule has 0 amide bonds. The molecule has 0 fully saturated rings. The monoisotopic (exact) mass is 244 g/mol. The van der Waals surface area contributed by atoms with Gasteiger partial charge in [0.15, 0.2) is 0 Å². The van der Waals surface area contributed by atoms with Crippen molar-refractivity contribution in [3.63, 3.8) is 0 Å². The highest BCUT2D eigenvalue weighted by Crippen LogP contribution is 2.09. The highest BCUT2D eigenvalue weighted by Gasteiger charge is 2.14. The van der Waals surface area contributed by atoms with E-state index in [9.17, 15) is 4.79 Å². The molecule has 0 heterocycles. The van der Waals surface area contributed by atoms with Crippen molar-refractivity contribution in [3.8, 4) is 0 Å². The molecule has 1 N–H and O–H groups in total. The SMILES string of the molecule is CCCCCCCC[N+](C)(C)CCCC(=O)O. The molecule has 0 unspecified atom stereocenters. The van der Waals surface area contributed by atoms with Gasteiger partial charge in [0.05, 0.1) is 33.6 Å². The zero-order valence-corrected chi connectivity index (χ0v) is 11.9. The van der Waals surface area contributed by atoms with Crippen LogP contribution in [0.5, 0.6) is 0 Å². The summed E-state index contributed by atoms with van der Waals surface area (Å²) >= 11 is 0. The van der Waals surface area contributed by atoms with Crippen molar-refractivity contribution in [2.75, 3.05) is 27.2 Å². The summed E-state index contributed by atoms with van der Waals surface area (Å²) in [6, 6.07) is 0. The van der Waals surface area contributed by atoms with Crippen LogP contribution in [0.3, 0.4) is 0 Å². The molecular formula is C14H30NO2+. The predicted molar refractivity (Wildman–Crippen MR) is 72.1 cm³/mol. The topological polar surface area (TPSA) is 37.3 Å². The van der Waals surface area contributed by atoms with E-state index in [0.717, 1.165) is 17.4 Å². The van der Waals surface area contributed by atoms with E-state index in [-0.39, 0.29) is 0 Å². The molecule has 102 valence electrons. The Labute approximate surface area is 106 Å². The van der Waals surface area contributed by atoms with E-state index in [1.165, 1.54) is 45.1 Å². The number of nitrogens with zero attached hydrogens (tertiary/aromatic N) is 1. The second-order valence-corrected chi connectivity index (χ2v) is 5.65. The summed E-state index contributed by atoms with van der Waals surface area (Å²) in [5.41, 5.74) is 0. The quantitative estimate of drug-likeness (QED) is 0.447. The van der Waals surface area contributed by atoms with Crippen LogP contribution in [0.25, 0.3) is 0 Å². The maximum Gasteiger partial charge on any atom is 0.303 e. The first kappa shape index (κ1) is 16.4. The van der Waals surface area contributed by atoms with Crippen LogP contribution in [0.1, 0.15) is 58.3 Å². The Bertz CT molecular complexity index is 202. The maximum absolute atomic E-state index is 10.4. The molecule has 0 atom stereocenters. The Morgan fingerprint density at radius 2 is 1.47 bits per heavy atom. The normalized spacial score (nSPS) is 11.7. The Balaban J connectivity index is 3.46. The van der Waals surface area contributed by atoms with Gasteiger partial charge in [-0.3, -0.25) is 4.79 Å². The van der Waals surface area contributed by atoms with Gasteiger partial charge >= 0.3 is 5.97 Å². The van der Waals surface area contributed by atoms with Crippen LogP contribution in [0.2, 0.25) is 0 Å². The average molecular weight is 244 g/mol. The minimum absolute atomic E-state index is 0.304. The third-order valence-electron chi connectivity index (χ3n) is 3.27. The van der Waals surface area contributed by atoms with Crippen molar-refractivity contribution in [2.24, 2.45) is 0 Å². The first-order valence-electron chi connectivity index (χ1n) is 7.02. The molecule has 0 aliphatic rings. The van der Waals surface area contributed by atoms with Gasteiger partial charge in [0.25, 0.3) is 0 Å². The molecule has 0 aromatic rings. The van der Waals surface area contributed by atoms with Crippen molar-refractivity contribution in [1.82, 2.24) is 0 Å². The molecule has 17 heavy (non-hydrogen) atoms. The highest BCUT2D eigenvalue weighted by atomic mass is 16.4. The van der Waals surface area contributed by atoms with Crippen molar-refractivity contribution in [2.45, 2.75) is 58.3 Å². The zero-order chi connectivity index (χ0) is 13.1. The van der Waals surface area contributed by atoms with Crippen LogP contribution in [-0.2, 0) is 4.79 Å². The average Bonchev–Trinajstić information content (AvgIpc) is 2.22. The molecule has 0 radical (unpaired) electrons. The van der Waals surface area contributed by atoms with Crippen molar-refractivity contribution in [3.05, 3.63) is 0 Å². The molecule has 0 aromatic carbocycles. The Morgan fingerprint density at radius 3 is 2.06 bits per heavy atom. The van der Waals surface area contributed by atoms with Gasteiger partial charge in [-0.25, -0.2) is 0 Å². The summed E-state index contributed by atoms with van der Waals surface area (Å²) < 4.78 is 0.959. The number of unbranched alkanes of at least 4 members (excludes halogenated alkanes) is 5. The second kappa shape index (κ2) is 9.46. The number of hydrogen-bond acceptors (Lipinski definition) is 1. The molecule has 0 rings (SSSR count). The summed E-state index contributed by atoms with van der Waals surface area (Å²) in [6.45, 7) is 4.38. The van der Waals surface area contributed by atoms with E-state index in [0.29, 0.717) is 6.42 Å². The molecule has 0 saturated heterocycles. The van der Waals surface area contributed by atoms with Crippen LogP contribution < -0.4 is 0 Å². The number of carboxylic acid groups (broad SMARTS) is 1. The summed E-state index contributed by atoms with van der Waals surface area (Å²) in [5.74, 6) is -0.676. The smallest absolute Gasteiger partial charge is 0.303 e. The van der Waals surface area contributed by atoms with E-state index in [4.69, 9.17) is 5.11 Å². The van der Waals surface area contributed by atoms with E-state index >= 15 is 0 Å². The van der Waals surface area contributed by atoms with E-state index in [1.807, 2.05) is 0 Å². The van der Waals surface area contributed by atoms with E-state index < -0.39 is 5.97 Å². The van der Waals surface area contributed by atoms with Gasteiger partial charge in [-0.1, -0.05) is 32.6 Å². The third-order valence-corrected chi connectivity index (χ3v) is 3.27. The lowest BCUT2D eigenvalue weighted by atomic mass is 10.1. The molecule has 3 heteroatoms. The Kier molecular flexibility index (Phi) is 9.14. The van der Waals surface area contributed by atoms with Gasteiger partial charge in [-0.15, -0.1) is 0 Å². The summed E-state index contributed by atoms with van der Waals surface area (Å²) in [4.78, 5) is 10.4.